The van der Waals surface area contributed by atoms with Crippen LogP contribution in [0, 0.1) is 0 Å². The zero-order chi connectivity index (χ0) is 19.0. The van der Waals surface area contributed by atoms with Gasteiger partial charge in [0, 0.05) is 17.1 Å². The summed E-state index contributed by atoms with van der Waals surface area (Å²) in [7, 11) is -3.02. The van der Waals surface area contributed by atoms with E-state index in [1.54, 1.807) is 11.3 Å². The Balaban J connectivity index is 1.47. The second kappa shape index (κ2) is 7.89. The van der Waals surface area contributed by atoms with E-state index in [2.05, 4.69) is 4.98 Å². The molecule has 1 atom stereocenters. The molecule has 1 amide bonds. The Morgan fingerprint density at radius 3 is 2.74 bits per heavy atom. The number of carbonyl (C=O) groups is 1. The molecule has 0 radical (unpaired) electrons. The van der Waals surface area contributed by atoms with Crippen molar-refractivity contribution in [1.29, 1.82) is 0 Å². The van der Waals surface area contributed by atoms with Gasteiger partial charge in [-0.3, -0.25) is 4.79 Å². The molecular weight excluding hydrogens is 424 g/mol. The number of aromatic nitrogens is 1. The van der Waals surface area contributed by atoms with Crippen molar-refractivity contribution in [2.75, 3.05) is 17.3 Å². The number of hydrogen-bond acceptors (Lipinski definition) is 6. The molecule has 2 heterocycles. The summed E-state index contributed by atoms with van der Waals surface area (Å²) in [6, 6.07) is 5.62. The summed E-state index contributed by atoms with van der Waals surface area (Å²) in [5.41, 5.74) is 0.844. The molecule has 0 bridgehead atoms. The van der Waals surface area contributed by atoms with Crippen molar-refractivity contribution >= 4 is 60.7 Å². The van der Waals surface area contributed by atoms with Gasteiger partial charge in [-0.2, -0.15) is 0 Å². The first-order valence-electron chi connectivity index (χ1n) is 9.12. The predicted molar refractivity (Wildman–Crippen MR) is 112 cm³/mol. The summed E-state index contributed by atoms with van der Waals surface area (Å²) in [4.78, 5) is 19.5. The Bertz CT molecular complexity index is 954. The lowest BCUT2D eigenvalue weighted by molar-refractivity contribution is -0.132. The van der Waals surface area contributed by atoms with Crippen molar-refractivity contribution in [2.45, 2.75) is 48.5 Å². The Morgan fingerprint density at radius 1 is 1.26 bits per heavy atom. The van der Waals surface area contributed by atoms with Gasteiger partial charge in [0.15, 0.2) is 14.2 Å². The zero-order valence-corrected chi connectivity index (χ0v) is 18.0. The fourth-order valence-electron chi connectivity index (χ4n) is 4.02. The molecule has 1 saturated heterocycles. The van der Waals surface area contributed by atoms with E-state index >= 15 is 0 Å². The van der Waals surface area contributed by atoms with Crippen molar-refractivity contribution in [3.8, 4) is 0 Å². The van der Waals surface area contributed by atoms with Gasteiger partial charge in [-0.25, -0.2) is 13.4 Å². The van der Waals surface area contributed by atoms with Crippen molar-refractivity contribution < 1.29 is 13.2 Å². The molecule has 1 aliphatic carbocycles. The molecule has 1 aromatic heterocycles. The summed E-state index contributed by atoms with van der Waals surface area (Å²) in [6.45, 7) is 0. The number of amides is 1. The van der Waals surface area contributed by atoms with Crippen LogP contribution in [0.4, 0.5) is 0 Å². The molecule has 0 N–H and O–H groups in total. The molecule has 1 aromatic carbocycles. The summed E-state index contributed by atoms with van der Waals surface area (Å²) in [6.07, 6.45) is 4.74. The number of benzene rings is 1. The number of thiazole rings is 1. The molecule has 1 unspecified atom stereocenters. The van der Waals surface area contributed by atoms with Gasteiger partial charge in [-0.15, -0.1) is 11.3 Å². The summed E-state index contributed by atoms with van der Waals surface area (Å²) in [5, 5.41) is 0.648. The van der Waals surface area contributed by atoms with E-state index in [1.807, 2.05) is 23.1 Å². The van der Waals surface area contributed by atoms with Gasteiger partial charge in [0.05, 0.1) is 27.5 Å². The lowest BCUT2D eigenvalue weighted by Crippen LogP contribution is -2.47. The van der Waals surface area contributed by atoms with E-state index < -0.39 is 9.84 Å². The Morgan fingerprint density at radius 2 is 2.04 bits per heavy atom. The number of sulfone groups is 1. The molecule has 27 heavy (non-hydrogen) atoms. The predicted octanol–water partition coefficient (Wildman–Crippen LogP) is 4.00. The second-order valence-electron chi connectivity index (χ2n) is 7.18. The first kappa shape index (κ1) is 19.5. The van der Waals surface area contributed by atoms with E-state index in [-0.39, 0.29) is 29.5 Å². The van der Waals surface area contributed by atoms with Crippen LogP contribution in [0.1, 0.15) is 32.1 Å². The summed E-state index contributed by atoms with van der Waals surface area (Å²) >= 11 is 8.99. The van der Waals surface area contributed by atoms with Gasteiger partial charge in [0.25, 0.3) is 0 Å². The van der Waals surface area contributed by atoms with Gasteiger partial charge >= 0.3 is 0 Å². The third kappa shape index (κ3) is 4.44. The SMILES string of the molecule is O=C(CSc1nc2cc(Cl)ccc2s1)N(C1CCCC1)C1CCS(=O)(=O)C1. The molecule has 1 aliphatic heterocycles. The Kier molecular flexibility index (Phi) is 5.69. The maximum atomic E-state index is 13.0. The van der Waals surface area contributed by atoms with Crippen LogP contribution in [-0.4, -0.2) is 53.6 Å². The van der Waals surface area contributed by atoms with Crippen LogP contribution in [0.3, 0.4) is 0 Å². The van der Waals surface area contributed by atoms with E-state index in [1.165, 1.54) is 11.8 Å². The average Bonchev–Trinajstić information content (AvgIpc) is 3.33. The fourth-order valence-corrected chi connectivity index (χ4v) is 7.82. The largest absolute Gasteiger partial charge is 0.335 e. The minimum Gasteiger partial charge on any atom is -0.335 e. The minimum absolute atomic E-state index is 0.0336. The highest BCUT2D eigenvalue weighted by Crippen LogP contribution is 2.33. The standard InChI is InChI=1S/C18H21ClN2O3S3/c19-12-5-6-16-15(9-12)20-18(26-16)25-10-17(22)21(13-3-1-2-4-13)14-7-8-27(23,24)11-14/h5-6,9,13-14H,1-4,7-8,10-11H2. The molecule has 0 spiro atoms. The molecule has 4 rings (SSSR count). The number of halogens is 1. The second-order valence-corrected chi connectivity index (χ2v) is 12.1. The third-order valence-corrected chi connectivity index (χ3v) is 9.41. The number of rotatable bonds is 5. The lowest BCUT2D eigenvalue weighted by Gasteiger charge is -2.34. The molecule has 1 saturated carbocycles. The Labute approximate surface area is 172 Å². The first-order valence-corrected chi connectivity index (χ1v) is 13.1. The molecule has 5 nitrogen and oxygen atoms in total. The van der Waals surface area contributed by atoms with Crippen molar-refractivity contribution in [2.24, 2.45) is 0 Å². The molecular formula is C18H21ClN2O3S3. The maximum Gasteiger partial charge on any atom is 0.233 e. The highest BCUT2D eigenvalue weighted by molar-refractivity contribution is 8.01. The smallest absolute Gasteiger partial charge is 0.233 e. The summed E-state index contributed by atoms with van der Waals surface area (Å²) in [5.74, 6) is 0.631. The van der Waals surface area contributed by atoms with E-state index in [9.17, 15) is 13.2 Å². The zero-order valence-electron chi connectivity index (χ0n) is 14.8. The number of thioether (sulfide) groups is 1. The minimum atomic E-state index is -3.02. The van der Waals surface area contributed by atoms with Crippen LogP contribution in [0.25, 0.3) is 10.2 Å². The normalized spacial score (nSPS) is 22.5. The molecule has 9 heteroatoms. The van der Waals surface area contributed by atoms with Crippen molar-refractivity contribution in [1.82, 2.24) is 9.88 Å². The topological polar surface area (TPSA) is 67.3 Å². The highest BCUT2D eigenvalue weighted by atomic mass is 35.5. The average molecular weight is 445 g/mol. The van der Waals surface area contributed by atoms with Crippen LogP contribution in [0.5, 0.6) is 0 Å². The van der Waals surface area contributed by atoms with E-state index in [4.69, 9.17) is 11.6 Å². The highest BCUT2D eigenvalue weighted by Gasteiger charge is 2.38. The van der Waals surface area contributed by atoms with Gasteiger partial charge in [-0.05, 0) is 37.5 Å². The lowest BCUT2D eigenvalue weighted by atomic mass is 10.1. The van der Waals surface area contributed by atoms with Gasteiger partial charge in [-0.1, -0.05) is 36.2 Å². The third-order valence-electron chi connectivity index (χ3n) is 5.26. The van der Waals surface area contributed by atoms with Crippen LogP contribution >= 0.6 is 34.7 Å². The number of carbonyl (C=O) groups excluding carboxylic acids is 1. The fraction of sp³-hybridized carbons (Fsp3) is 0.556. The van der Waals surface area contributed by atoms with Crippen molar-refractivity contribution in [3.63, 3.8) is 0 Å². The maximum absolute atomic E-state index is 13.0. The van der Waals surface area contributed by atoms with Crippen LogP contribution in [0.2, 0.25) is 5.02 Å². The van der Waals surface area contributed by atoms with Crippen molar-refractivity contribution in [3.05, 3.63) is 23.2 Å². The molecule has 146 valence electrons. The van der Waals surface area contributed by atoms with Gasteiger partial charge in [0.2, 0.25) is 5.91 Å². The molecule has 2 fully saturated rings. The number of nitrogens with zero attached hydrogens (tertiary/aromatic N) is 2. The van der Waals surface area contributed by atoms with Crippen LogP contribution in [-0.2, 0) is 14.6 Å². The number of fused-ring (bicyclic) bond motifs is 1. The first-order chi connectivity index (χ1) is 12.9. The number of hydrogen-bond donors (Lipinski definition) is 0. The van der Waals surface area contributed by atoms with Gasteiger partial charge < -0.3 is 4.90 Å². The van der Waals surface area contributed by atoms with Crippen LogP contribution in [0.15, 0.2) is 22.5 Å². The monoisotopic (exact) mass is 444 g/mol. The van der Waals surface area contributed by atoms with Gasteiger partial charge in [0.1, 0.15) is 0 Å². The van der Waals surface area contributed by atoms with E-state index in [0.29, 0.717) is 17.2 Å². The van der Waals surface area contributed by atoms with E-state index in [0.717, 1.165) is 40.2 Å². The molecule has 2 aliphatic rings. The molecule has 2 aromatic rings. The summed E-state index contributed by atoms with van der Waals surface area (Å²) < 4.78 is 25.7. The quantitative estimate of drug-likeness (QED) is 0.652. The Hall–Kier alpha value is -0.830. The van der Waals surface area contributed by atoms with Crippen LogP contribution < -0.4 is 0 Å².